The molecule has 12 heavy (non-hydrogen) atoms. The van der Waals surface area contributed by atoms with E-state index in [9.17, 15) is 4.57 Å². The third-order valence-electron chi connectivity index (χ3n) is 1.77. The maximum atomic E-state index is 10.8. The molecule has 3 N–H and O–H groups in total. The van der Waals surface area contributed by atoms with Crippen LogP contribution in [0.15, 0.2) is 0 Å². The topological polar surface area (TPSA) is 75.8 Å². The Labute approximate surface area is 72.0 Å². The SMILES string of the molecule is CP(=O)(O)ON1CCC(N)CC1. The highest BCUT2D eigenvalue weighted by molar-refractivity contribution is 7.51. The van der Waals surface area contributed by atoms with E-state index in [-0.39, 0.29) is 6.04 Å². The number of nitrogens with two attached hydrogens (primary N) is 1. The zero-order valence-electron chi connectivity index (χ0n) is 7.14. The van der Waals surface area contributed by atoms with Gasteiger partial charge in [-0.2, -0.15) is 5.06 Å². The zero-order valence-corrected chi connectivity index (χ0v) is 8.04. The minimum atomic E-state index is -3.37. The van der Waals surface area contributed by atoms with Crippen LogP contribution in [0.3, 0.4) is 0 Å². The molecule has 0 bridgehead atoms. The smallest absolute Gasteiger partial charge is 0.328 e. The molecule has 0 aromatic rings. The molecule has 0 amide bonds. The van der Waals surface area contributed by atoms with Gasteiger partial charge >= 0.3 is 7.60 Å². The molecule has 0 saturated carbocycles. The van der Waals surface area contributed by atoms with Crippen LogP contribution >= 0.6 is 7.60 Å². The zero-order chi connectivity index (χ0) is 9.19. The van der Waals surface area contributed by atoms with E-state index in [0.717, 1.165) is 12.8 Å². The summed E-state index contributed by atoms with van der Waals surface area (Å²) in [5, 5.41) is 1.52. The van der Waals surface area contributed by atoms with Gasteiger partial charge < -0.3 is 10.6 Å². The van der Waals surface area contributed by atoms with Gasteiger partial charge in [0.05, 0.1) is 0 Å². The Bertz CT molecular complexity index is 185. The first-order chi connectivity index (χ1) is 5.47. The number of piperidine rings is 1. The van der Waals surface area contributed by atoms with Crippen molar-refractivity contribution in [3.63, 3.8) is 0 Å². The Morgan fingerprint density at radius 2 is 2.08 bits per heavy atom. The van der Waals surface area contributed by atoms with E-state index in [1.165, 1.54) is 11.7 Å². The van der Waals surface area contributed by atoms with Crippen LogP contribution in [0.25, 0.3) is 0 Å². The average Bonchev–Trinajstić information content (AvgIpc) is 1.91. The van der Waals surface area contributed by atoms with Gasteiger partial charge in [0, 0.05) is 25.8 Å². The summed E-state index contributed by atoms with van der Waals surface area (Å²) in [6.07, 6.45) is 1.64. The molecule has 0 spiro atoms. The Balaban J connectivity index is 2.31. The van der Waals surface area contributed by atoms with Gasteiger partial charge in [-0.3, -0.25) is 4.57 Å². The maximum Gasteiger partial charge on any atom is 0.341 e. The van der Waals surface area contributed by atoms with Crippen molar-refractivity contribution in [1.82, 2.24) is 5.06 Å². The van der Waals surface area contributed by atoms with Gasteiger partial charge in [0.1, 0.15) is 0 Å². The molecule has 1 rings (SSSR count). The standard InChI is InChI=1S/C6H15N2O3P/c1-12(9,10)11-8-4-2-6(7)3-5-8/h6H,2-5,7H2,1H3,(H,9,10). The first kappa shape index (κ1) is 10.2. The minimum Gasteiger partial charge on any atom is -0.328 e. The van der Waals surface area contributed by atoms with Crippen molar-refractivity contribution in [3.8, 4) is 0 Å². The highest BCUT2D eigenvalue weighted by Gasteiger charge is 2.22. The average molecular weight is 194 g/mol. The summed E-state index contributed by atoms with van der Waals surface area (Å²) in [7, 11) is -3.37. The summed E-state index contributed by atoms with van der Waals surface area (Å²) in [6, 6.07) is 0.208. The molecule has 6 heteroatoms. The van der Waals surface area contributed by atoms with Crippen molar-refractivity contribution in [2.45, 2.75) is 18.9 Å². The normalized spacial score (nSPS) is 26.9. The Kier molecular flexibility index (Phi) is 3.26. The van der Waals surface area contributed by atoms with Crippen LogP contribution in [0.5, 0.6) is 0 Å². The fourth-order valence-electron chi connectivity index (χ4n) is 1.17. The molecule has 5 nitrogen and oxygen atoms in total. The Morgan fingerprint density at radius 1 is 1.58 bits per heavy atom. The predicted molar refractivity (Wildman–Crippen MR) is 45.6 cm³/mol. The number of hydrogen-bond acceptors (Lipinski definition) is 4. The van der Waals surface area contributed by atoms with E-state index >= 15 is 0 Å². The number of nitrogens with zero attached hydrogens (tertiary/aromatic N) is 1. The minimum absolute atomic E-state index is 0.208. The highest BCUT2D eigenvalue weighted by atomic mass is 31.2. The molecule has 0 aromatic carbocycles. The van der Waals surface area contributed by atoms with E-state index in [1.807, 2.05) is 0 Å². The Hall–Kier alpha value is 0.0700. The quantitative estimate of drug-likeness (QED) is 0.612. The van der Waals surface area contributed by atoms with Crippen molar-refractivity contribution in [3.05, 3.63) is 0 Å². The summed E-state index contributed by atoms with van der Waals surface area (Å²) in [4.78, 5) is 8.90. The van der Waals surface area contributed by atoms with Crippen molar-refractivity contribution in [2.24, 2.45) is 5.73 Å². The molecule has 1 saturated heterocycles. The van der Waals surface area contributed by atoms with Gasteiger partial charge in [0.15, 0.2) is 0 Å². The molecular formula is C6H15N2O3P. The molecule has 1 aliphatic rings. The van der Waals surface area contributed by atoms with E-state index in [0.29, 0.717) is 13.1 Å². The van der Waals surface area contributed by atoms with Gasteiger partial charge in [-0.25, -0.2) is 4.62 Å². The molecule has 1 atom stereocenters. The van der Waals surface area contributed by atoms with Crippen LogP contribution in [-0.4, -0.2) is 35.8 Å². The van der Waals surface area contributed by atoms with Gasteiger partial charge in [-0.1, -0.05) is 0 Å². The third kappa shape index (κ3) is 3.65. The number of rotatable bonds is 2. The van der Waals surface area contributed by atoms with Crippen LogP contribution in [-0.2, 0) is 9.19 Å². The first-order valence-corrected chi connectivity index (χ1v) is 6.00. The molecule has 1 fully saturated rings. The molecule has 72 valence electrons. The first-order valence-electron chi connectivity index (χ1n) is 3.98. The van der Waals surface area contributed by atoms with Crippen LogP contribution in [0.4, 0.5) is 0 Å². The van der Waals surface area contributed by atoms with Crippen molar-refractivity contribution in [1.29, 1.82) is 0 Å². The van der Waals surface area contributed by atoms with Gasteiger partial charge in [0.25, 0.3) is 0 Å². The molecule has 1 unspecified atom stereocenters. The van der Waals surface area contributed by atoms with Crippen molar-refractivity contribution in [2.75, 3.05) is 19.8 Å². The lowest BCUT2D eigenvalue weighted by molar-refractivity contribution is -0.0815. The van der Waals surface area contributed by atoms with Crippen LogP contribution in [0.1, 0.15) is 12.8 Å². The summed E-state index contributed by atoms with van der Waals surface area (Å²) < 4.78 is 15.6. The summed E-state index contributed by atoms with van der Waals surface area (Å²) >= 11 is 0. The van der Waals surface area contributed by atoms with Gasteiger partial charge in [-0.05, 0) is 12.8 Å². The Morgan fingerprint density at radius 3 is 2.50 bits per heavy atom. The molecule has 0 aromatic heterocycles. The fraction of sp³-hybridized carbons (Fsp3) is 1.00. The second-order valence-electron chi connectivity index (χ2n) is 3.15. The lowest BCUT2D eigenvalue weighted by atomic mass is 10.1. The van der Waals surface area contributed by atoms with Crippen LogP contribution in [0, 0.1) is 0 Å². The van der Waals surface area contributed by atoms with Gasteiger partial charge in [-0.15, -0.1) is 0 Å². The molecule has 1 heterocycles. The maximum absolute atomic E-state index is 10.8. The van der Waals surface area contributed by atoms with Crippen molar-refractivity contribution < 1.29 is 14.1 Å². The summed E-state index contributed by atoms with van der Waals surface area (Å²) in [6.45, 7) is 2.46. The molecule has 0 radical (unpaired) electrons. The highest BCUT2D eigenvalue weighted by Crippen LogP contribution is 2.38. The van der Waals surface area contributed by atoms with Crippen LogP contribution < -0.4 is 5.73 Å². The second-order valence-corrected chi connectivity index (χ2v) is 4.92. The fourth-order valence-corrected chi connectivity index (χ4v) is 1.76. The lowest BCUT2D eigenvalue weighted by Crippen LogP contribution is -2.38. The van der Waals surface area contributed by atoms with E-state index in [1.54, 1.807) is 0 Å². The summed E-state index contributed by atoms with van der Waals surface area (Å²) in [5.41, 5.74) is 5.65. The molecular weight excluding hydrogens is 179 g/mol. The van der Waals surface area contributed by atoms with E-state index < -0.39 is 7.60 Å². The largest absolute Gasteiger partial charge is 0.341 e. The van der Waals surface area contributed by atoms with Crippen molar-refractivity contribution >= 4 is 7.60 Å². The monoisotopic (exact) mass is 194 g/mol. The number of hydroxylamine groups is 2. The summed E-state index contributed by atoms with van der Waals surface area (Å²) in [5.74, 6) is 0. The van der Waals surface area contributed by atoms with Crippen LogP contribution in [0.2, 0.25) is 0 Å². The molecule has 0 aliphatic carbocycles. The van der Waals surface area contributed by atoms with Gasteiger partial charge in [0.2, 0.25) is 0 Å². The predicted octanol–water partition coefficient (Wildman–Crippen LogP) is 0.156. The number of hydrogen-bond donors (Lipinski definition) is 2. The third-order valence-corrected chi connectivity index (χ3v) is 2.30. The van der Waals surface area contributed by atoms with E-state index in [4.69, 9.17) is 15.3 Å². The van der Waals surface area contributed by atoms with E-state index in [2.05, 4.69) is 0 Å². The lowest BCUT2D eigenvalue weighted by Gasteiger charge is -2.29. The second kappa shape index (κ2) is 3.85. The molecule has 1 aliphatic heterocycles.